The predicted molar refractivity (Wildman–Crippen MR) is 61.7 cm³/mol. The number of rotatable bonds is 1. The van der Waals surface area contributed by atoms with E-state index in [9.17, 15) is 9.90 Å². The lowest BCUT2D eigenvalue weighted by Crippen LogP contribution is -2.01. The number of esters is 1. The summed E-state index contributed by atoms with van der Waals surface area (Å²) in [6.45, 7) is 1.93. The third-order valence-electron chi connectivity index (χ3n) is 2.61. The van der Waals surface area contributed by atoms with Crippen LogP contribution in [0.3, 0.4) is 0 Å². The minimum Gasteiger partial charge on any atom is -0.507 e. The summed E-state index contributed by atoms with van der Waals surface area (Å²) in [6.07, 6.45) is 0. The second-order valence-electron chi connectivity index (χ2n) is 3.66. The summed E-state index contributed by atoms with van der Waals surface area (Å²) in [5.41, 5.74) is 1.38. The molecule has 82 valence electrons. The molecule has 0 aromatic heterocycles. The molecular formula is C13H12O3. The SMILES string of the molecule is COC(=O)c1cc(O)c2cccc(C)c2c1. The van der Waals surface area contributed by atoms with Crippen LogP contribution in [0.15, 0.2) is 30.3 Å². The molecule has 0 bridgehead atoms. The van der Waals surface area contributed by atoms with Gasteiger partial charge in [0.2, 0.25) is 0 Å². The molecule has 3 nitrogen and oxygen atoms in total. The van der Waals surface area contributed by atoms with Gasteiger partial charge in [-0.2, -0.15) is 0 Å². The van der Waals surface area contributed by atoms with Gasteiger partial charge in [0.15, 0.2) is 0 Å². The van der Waals surface area contributed by atoms with Crippen LogP contribution in [-0.4, -0.2) is 18.2 Å². The highest BCUT2D eigenvalue weighted by atomic mass is 16.5. The first kappa shape index (κ1) is 10.5. The minimum absolute atomic E-state index is 0.0987. The van der Waals surface area contributed by atoms with Crippen LogP contribution in [0.5, 0.6) is 5.75 Å². The Hall–Kier alpha value is -2.03. The molecule has 0 saturated heterocycles. The number of benzene rings is 2. The number of ether oxygens (including phenoxy) is 1. The summed E-state index contributed by atoms with van der Waals surface area (Å²) in [5, 5.41) is 11.4. The number of aryl methyl sites for hydroxylation is 1. The highest BCUT2D eigenvalue weighted by molar-refractivity contribution is 5.99. The topological polar surface area (TPSA) is 46.5 Å². The maximum atomic E-state index is 11.4. The normalized spacial score (nSPS) is 10.4. The lowest BCUT2D eigenvalue weighted by molar-refractivity contribution is 0.0600. The maximum absolute atomic E-state index is 11.4. The van der Waals surface area contributed by atoms with Gasteiger partial charge in [0.05, 0.1) is 12.7 Å². The molecule has 0 amide bonds. The van der Waals surface area contributed by atoms with E-state index < -0.39 is 5.97 Å². The first-order valence-electron chi connectivity index (χ1n) is 4.94. The van der Waals surface area contributed by atoms with Gasteiger partial charge in [-0.3, -0.25) is 0 Å². The quantitative estimate of drug-likeness (QED) is 0.745. The molecule has 2 aromatic carbocycles. The molecule has 0 aliphatic carbocycles. The Labute approximate surface area is 93.3 Å². The van der Waals surface area contributed by atoms with Gasteiger partial charge in [0.25, 0.3) is 0 Å². The molecule has 0 heterocycles. The van der Waals surface area contributed by atoms with Crippen LogP contribution in [0.25, 0.3) is 10.8 Å². The predicted octanol–water partition coefficient (Wildman–Crippen LogP) is 2.64. The van der Waals surface area contributed by atoms with Crippen molar-refractivity contribution in [2.45, 2.75) is 6.92 Å². The number of phenolic OH excluding ortho intramolecular Hbond substituents is 1. The Balaban J connectivity index is 2.75. The van der Waals surface area contributed by atoms with E-state index in [-0.39, 0.29) is 5.75 Å². The van der Waals surface area contributed by atoms with E-state index >= 15 is 0 Å². The van der Waals surface area contributed by atoms with Gasteiger partial charge in [-0.1, -0.05) is 18.2 Å². The highest BCUT2D eigenvalue weighted by Crippen LogP contribution is 2.28. The average Bonchev–Trinajstić information content (AvgIpc) is 2.29. The van der Waals surface area contributed by atoms with Gasteiger partial charge in [-0.05, 0) is 30.0 Å². The molecule has 0 fully saturated rings. The van der Waals surface area contributed by atoms with Crippen molar-refractivity contribution in [1.29, 1.82) is 0 Å². The van der Waals surface area contributed by atoms with Crippen molar-refractivity contribution in [2.24, 2.45) is 0 Å². The Morgan fingerprint density at radius 3 is 2.69 bits per heavy atom. The van der Waals surface area contributed by atoms with E-state index in [1.807, 2.05) is 25.1 Å². The van der Waals surface area contributed by atoms with E-state index in [1.165, 1.54) is 13.2 Å². The van der Waals surface area contributed by atoms with Crippen LogP contribution in [0.2, 0.25) is 0 Å². The number of carbonyl (C=O) groups excluding carboxylic acids is 1. The van der Waals surface area contributed by atoms with Crippen molar-refractivity contribution in [3.8, 4) is 5.75 Å². The van der Waals surface area contributed by atoms with Crippen molar-refractivity contribution >= 4 is 16.7 Å². The number of fused-ring (bicyclic) bond motifs is 1. The van der Waals surface area contributed by atoms with E-state index in [0.717, 1.165) is 16.3 Å². The molecule has 16 heavy (non-hydrogen) atoms. The molecule has 0 atom stereocenters. The number of methoxy groups -OCH3 is 1. The van der Waals surface area contributed by atoms with Crippen molar-refractivity contribution in [3.05, 3.63) is 41.5 Å². The van der Waals surface area contributed by atoms with Crippen LogP contribution >= 0.6 is 0 Å². The van der Waals surface area contributed by atoms with Gasteiger partial charge >= 0.3 is 5.97 Å². The number of hydrogen-bond donors (Lipinski definition) is 1. The van der Waals surface area contributed by atoms with Crippen molar-refractivity contribution in [3.63, 3.8) is 0 Å². The lowest BCUT2D eigenvalue weighted by Gasteiger charge is -2.06. The minimum atomic E-state index is -0.444. The molecule has 0 unspecified atom stereocenters. The van der Waals surface area contributed by atoms with Crippen LogP contribution < -0.4 is 0 Å². The van der Waals surface area contributed by atoms with E-state index in [4.69, 9.17) is 0 Å². The van der Waals surface area contributed by atoms with Crippen molar-refractivity contribution in [2.75, 3.05) is 7.11 Å². The summed E-state index contributed by atoms with van der Waals surface area (Å²) in [6, 6.07) is 8.78. The van der Waals surface area contributed by atoms with Crippen LogP contribution in [0, 0.1) is 6.92 Å². The molecule has 2 aromatic rings. The number of aromatic hydroxyl groups is 1. The fraction of sp³-hybridized carbons (Fsp3) is 0.154. The summed E-state index contributed by atoms with van der Waals surface area (Å²) in [7, 11) is 1.32. The zero-order valence-electron chi connectivity index (χ0n) is 9.15. The molecule has 0 aliphatic heterocycles. The number of hydrogen-bond acceptors (Lipinski definition) is 3. The molecule has 3 heteroatoms. The van der Waals surface area contributed by atoms with Gasteiger partial charge in [0.1, 0.15) is 5.75 Å². The van der Waals surface area contributed by atoms with Gasteiger partial charge in [-0.25, -0.2) is 4.79 Å². The van der Waals surface area contributed by atoms with Crippen LogP contribution in [0.4, 0.5) is 0 Å². The van der Waals surface area contributed by atoms with Gasteiger partial charge in [-0.15, -0.1) is 0 Å². The molecule has 0 spiro atoms. The zero-order chi connectivity index (χ0) is 11.7. The summed E-state index contributed by atoms with van der Waals surface area (Å²) >= 11 is 0. The Morgan fingerprint density at radius 2 is 2.00 bits per heavy atom. The van der Waals surface area contributed by atoms with Crippen LogP contribution in [-0.2, 0) is 4.74 Å². The van der Waals surface area contributed by atoms with Crippen molar-refractivity contribution < 1.29 is 14.6 Å². The molecule has 1 N–H and O–H groups in total. The molecular weight excluding hydrogens is 204 g/mol. The monoisotopic (exact) mass is 216 g/mol. The second kappa shape index (κ2) is 3.85. The highest BCUT2D eigenvalue weighted by Gasteiger charge is 2.10. The Morgan fingerprint density at radius 1 is 1.25 bits per heavy atom. The van der Waals surface area contributed by atoms with Gasteiger partial charge in [0, 0.05) is 5.39 Å². The second-order valence-corrected chi connectivity index (χ2v) is 3.66. The van der Waals surface area contributed by atoms with E-state index in [2.05, 4.69) is 4.74 Å². The Kier molecular flexibility index (Phi) is 2.52. The van der Waals surface area contributed by atoms with E-state index in [0.29, 0.717) is 5.56 Å². The number of carbonyl (C=O) groups is 1. The molecule has 0 saturated carbocycles. The average molecular weight is 216 g/mol. The van der Waals surface area contributed by atoms with Gasteiger partial charge < -0.3 is 9.84 Å². The summed E-state index contributed by atoms with van der Waals surface area (Å²) in [4.78, 5) is 11.4. The summed E-state index contributed by atoms with van der Waals surface area (Å²) < 4.78 is 4.63. The Bertz CT molecular complexity index is 558. The number of phenols is 1. The third-order valence-corrected chi connectivity index (χ3v) is 2.61. The smallest absolute Gasteiger partial charge is 0.338 e. The fourth-order valence-electron chi connectivity index (χ4n) is 1.75. The van der Waals surface area contributed by atoms with Crippen LogP contribution in [0.1, 0.15) is 15.9 Å². The maximum Gasteiger partial charge on any atom is 0.338 e. The lowest BCUT2D eigenvalue weighted by atomic mass is 10.0. The van der Waals surface area contributed by atoms with Crippen molar-refractivity contribution in [1.82, 2.24) is 0 Å². The van der Waals surface area contributed by atoms with E-state index in [1.54, 1.807) is 6.07 Å². The molecule has 2 rings (SSSR count). The first-order valence-corrected chi connectivity index (χ1v) is 4.94. The molecule has 0 aliphatic rings. The third kappa shape index (κ3) is 1.60. The summed E-state index contributed by atoms with van der Waals surface area (Å²) in [5.74, 6) is -0.345. The first-order chi connectivity index (χ1) is 7.63. The fourth-order valence-corrected chi connectivity index (χ4v) is 1.75. The standard InChI is InChI=1S/C13H12O3/c1-8-4-3-5-10-11(8)6-9(7-12(10)14)13(15)16-2/h3-7,14H,1-2H3. The molecule has 0 radical (unpaired) electrons. The largest absolute Gasteiger partial charge is 0.507 e. The zero-order valence-corrected chi connectivity index (χ0v) is 9.15.